The van der Waals surface area contributed by atoms with Crippen molar-refractivity contribution in [1.82, 2.24) is 0 Å². The highest BCUT2D eigenvalue weighted by Crippen LogP contribution is 2.26. The van der Waals surface area contributed by atoms with E-state index in [1.165, 1.54) is 0 Å². The summed E-state index contributed by atoms with van der Waals surface area (Å²) in [7, 11) is 5.92. The standard InChI is InChI=1S/C15H18N2O2/c1-17(2,3)10-15(19)16-14-6-4-5-11-9-12(18)7-8-13(11)14/h4-9H,10H2,1-3H3,(H-,16,18,19)/p+1. The highest BCUT2D eigenvalue weighted by Gasteiger charge is 2.15. The third-order valence-corrected chi connectivity index (χ3v) is 2.76. The van der Waals surface area contributed by atoms with Crippen molar-refractivity contribution in [2.75, 3.05) is 33.0 Å². The van der Waals surface area contributed by atoms with Crippen LogP contribution >= 0.6 is 0 Å². The number of phenolic OH excluding ortho intramolecular Hbond substituents is 1. The second-order valence-electron chi connectivity index (χ2n) is 5.71. The van der Waals surface area contributed by atoms with Gasteiger partial charge in [-0.05, 0) is 29.7 Å². The van der Waals surface area contributed by atoms with Crippen LogP contribution in [0.4, 0.5) is 5.69 Å². The maximum absolute atomic E-state index is 12.0. The quantitative estimate of drug-likeness (QED) is 0.830. The summed E-state index contributed by atoms with van der Waals surface area (Å²) in [6.45, 7) is 0.411. The van der Waals surface area contributed by atoms with Crippen molar-refractivity contribution in [2.45, 2.75) is 0 Å². The number of hydrogen-bond donors (Lipinski definition) is 2. The lowest BCUT2D eigenvalue weighted by Crippen LogP contribution is -2.41. The number of nitrogens with one attached hydrogen (secondary N) is 1. The summed E-state index contributed by atoms with van der Waals surface area (Å²) in [6.07, 6.45) is 0. The minimum Gasteiger partial charge on any atom is -0.508 e. The van der Waals surface area contributed by atoms with Gasteiger partial charge in [-0.2, -0.15) is 0 Å². The second-order valence-corrected chi connectivity index (χ2v) is 5.71. The fourth-order valence-electron chi connectivity index (χ4n) is 2.00. The number of likely N-dealkylation sites (N-methyl/N-ethyl adjacent to an activating group) is 1. The predicted octanol–water partition coefficient (Wildman–Crippen LogP) is 2.19. The molecule has 0 spiro atoms. The Labute approximate surface area is 112 Å². The van der Waals surface area contributed by atoms with Crippen molar-refractivity contribution in [2.24, 2.45) is 0 Å². The first-order chi connectivity index (χ1) is 8.85. The molecule has 0 aliphatic heterocycles. The van der Waals surface area contributed by atoms with Crippen molar-refractivity contribution in [3.05, 3.63) is 36.4 Å². The maximum Gasteiger partial charge on any atom is 0.279 e. The average molecular weight is 259 g/mol. The minimum atomic E-state index is -0.0203. The molecule has 100 valence electrons. The molecule has 2 rings (SSSR count). The number of nitrogens with zero attached hydrogens (tertiary/aromatic N) is 1. The molecule has 0 aliphatic rings. The molecule has 0 aromatic heterocycles. The van der Waals surface area contributed by atoms with Gasteiger partial charge < -0.3 is 14.9 Å². The molecule has 0 saturated heterocycles. The minimum absolute atomic E-state index is 0.0203. The smallest absolute Gasteiger partial charge is 0.279 e. The third-order valence-electron chi connectivity index (χ3n) is 2.76. The van der Waals surface area contributed by atoms with E-state index >= 15 is 0 Å². The molecule has 0 radical (unpaired) electrons. The summed E-state index contributed by atoms with van der Waals surface area (Å²) in [5.74, 6) is 0.204. The van der Waals surface area contributed by atoms with Crippen molar-refractivity contribution in [3.63, 3.8) is 0 Å². The van der Waals surface area contributed by atoms with E-state index in [1.54, 1.807) is 12.1 Å². The van der Waals surface area contributed by atoms with E-state index in [0.717, 1.165) is 16.5 Å². The lowest BCUT2D eigenvalue weighted by atomic mass is 10.1. The van der Waals surface area contributed by atoms with Crippen LogP contribution in [0.3, 0.4) is 0 Å². The summed E-state index contributed by atoms with van der Waals surface area (Å²) >= 11 is 0. The Bertz CT molecular complexity index is 615. The van der Waals surface area contributed by atoms with Crippen LogP contribution in [0, 0.1) is 0 Å². The van der Waals surface area contributed by atoms with Gasteiger partial charge in [0.05, 0.1) is 21.1 Å². The zero-order valence-corrected chi connectivity index (χ0v) is 11.5. The lowest BCUT2D eigenvalue weighted by molar-refractivity contribution is -0.861. The van der Waals surface area contributed by atoms with E-state index in [1.807, 2.05) is 45.4 Å². The number of carbonyl (C=O) groups excluding carboxylic acids is 1. The van der Waals surface area contributed by atoms with Crippen LogP contribution in [0.5, 0.6) is 5.75 Å². The van der Waals surface area contributed by atoms with Gasteiger partial charge in [-0.15, -0.1) is 0 Å². The van der Waals surface area contributed by atoms with Crippen molar-refractivity contribution in [3.8, 4) is 5.75 Å². The number of amides is 1. The lowest BCUT2D eigenvalue weighted by Gasteiger charge is -2.23. The molecule has 2 N–H and O–H groups in total. The van der Waals surface area contributed by atoms with Crippen LogP contribution in [0.1, 0.15) is 0 Å². The van der Waals surface area contributed by atoms with Crippen LogP contribution in [0.25, 0.3) is 10.8 Å². The molecule has 0 saturated carbocycles. The highest BCUT2D eigenvalue weighted by atomic mass is 16.3. The van der Waals surface area contributed by atoms with Gasteiger partial charge in [0.1, 0.15) is 5.75 Å². The summed E-state index contributed by atoms with van der Waals surface area (Å²) in [5, 5.41) is 14.2. The second kappa shape index (κ2) is 4.90. The number of carbonyl (C=O) groups is 1. The molecule has 4 heteroatoms. The van der Waals surface area contributed by atoms with Crippen LogP contribution < -0.4 is 5.32 Å². The molecule has 1 amide bonds. The van der Waals surface area contributed by atoms with Gasteiger partial charge >= 0.3 is 0 Å². The van der Waals surface area contributed by atoms with Crippen LogP contribution in [0.2, 0.25) is 0 Å². The number of rotatable bonds is 3. The summed E-state index contributed by atoms with van der Waals surface area (Å²) in [5.41, 5.74) is 0.774. The number of quaternary nitrogens is 1. The Morgan fingerprint density at radius 3 is 2.63 bits per heavy atom. The fourth-order valence-corrected chi connectivity index (χ4v) is 2.00. The molecule has 0 atom stereocenters. The molecular weight excluding hydrogens is 240 g/mol. The molecule has 0 aliphatic carbocycles. The van der Waals surface area contributed by atoms with Crippen LogP contribution in [-0.4, -0.2) is 43.2 Å². The highest BCUT2D eigenvalue weighted by molar-refractivity contribution is 6.02. The topological polar surface area (TPSA) is 49.3 Å². The normalized spacial score (nSPS) is 11.5. The number of anilines is 1. The molecule has 0 fully saturated rings. The Morgan fingerprint density at radius 1 is 1.21 bits per heavy atom. The molecule has 2 aromatic rings. The van der Waals surface area contributed by atoms with Gasteiger partial charge in [0.2, 0.25) is 0 Å². The fraction of sp³-hybridized carbons (Fsp3) is 0.267. The van der Waals surface area contributed by atoms with Crippen molar-refractivity contribution < 1.29 is 14.4 Å². The number of benzene rings is 2. The van der Waals surface area contributed by atoms with Gasteiger partial charge in [-0.1, -0.05) is 12.1 Å². The average Bonchev–Trinajstić information content (AvgIpc) is 2.26. The SMILES string of the molecule is C[N+](C)(C)CC(=O)Nc1cccc2cc(O)ccc12. The summed E-state index contributed by atoms with van der Waals surface area (Å²) < 4.78 is 0.581. The van der Waals surface area contributed by atoms with Crippen LogP contribution in [-0.2, 0) is 4.79 Å². The molecule has 4 nitrogen and oxygen atoms in total. The predicted molar refractivity (Wildman–Crippen MR) is 77.1 cm³/mol. The first-order valence-corrected chi connectivity index (χ1v) is 6.17. The molecule has 19 heavy (non-hydrogen) atoms. The first-order valence-electron chi connectivity index (χ1n) is 6.17. The number of aromatic hydroxyl groups is 1. The third kappa shape index (κ3) is 3.45. The van der Waals surface area contributed by atoms with E-state index in [2.05, 4.69) is 5.32 Å². The largest absolute Gasteiger partial charge is 0.508 e. The van der Waals surface area contributed by atoms with E-state index in [0.29, 0.717) is 11.0 Å². The van der Waals surface area contributed by atoms with Gasteiger partial charge in [0.25, 0.3) is 5.91 Å². The van der Waals surface area contributed by atoms with Gasteiger partial charge in [-0.25, -0.2) is 0 Å². The van der Waals surface area contributed by atoms with Gasteiger partial charge in [-0.3, -0.25) is 4.79 Å². The Morgan fingerprint density at radius 2 is 1.95 bits per heavy atom. The number of phenols is 1. The Hall–Kier alpha value is -2.07. The van der Waals surface area contributed by atoms with Gasteiger partial charge in [0, 0.05) is 11.1 Å². The summed E-state index contributed by atoms with van der Waals surface area (Å²) in [4.78, 5) is 12.0. The van der Waals surface area contributed by atoms with E-state index in [4.69, 9.17) is 0 Å². The number of hydrogen-bond acceptors (Lipinski definition) is 2. The molecule has 0 heterocycles. The van der Waals surface area contributed by atoms with Crippen LogP contribution in [0.15, 0.2) is 36.4 Å². The monoisotopic (exact) mass is 259 g/mol. The zero-order valence-electron chi connectivity index (χ0n) is 11.5. The maximum atomic E-state index is 12.0. The molecule has 0 unspecified atom stereocenters. The van der Waals surface area contributed by atoms with E-state index < -0.39 is 0 Å². The van der Waals surface area contributed by atoms with Crippen molar-refractivity contribution in [1.29, 1.82) is 0 Å². The molecule has 0 bridgehead atoms. The molecular formula is C15H19N2O2+. The van der Waals surface area contributed by atoms with Gasteiger partial charge in [0.15, 0.2) is 6.54 Å². The van der Waals surface area contributed by atoms with Crippen molar-refractivity contribution >= 4 is 22.4 Å². The Kier molecular flexibility index (Phi) is 3.44. The number of fused-ring (bicyclic) bond motifs is 1. The zero-order chi connectivity index (χ0) is 14.0. The Balaban J connectivity index is 2.28. The first kappa shape index (κ1) is 13.4. The summed E-state index contributed by atoms with van der Waals surface area (Å²) in [6, 6.07) is 10.8. The molecule has 2 aromatic carbocycles. The van der Waals surface area contributed by atoms with E-state index in [9.17, 15) is 9.90 Å². The van der Waals surface area contributed by atoms with E-state index in [-0.39, 0.29) is 11.7 Å².